The van der Waals surface area contributed by atoms with Crippen molar-refractivity contribution < 1.29 is 4.39 Å². The lowest BCUT2D eigenvalue weighted by Crippen LogP contribution is -1.98. The number of hydrogen-bond donors (Lipinski definition) is 1. The van der Waals surface area contributed by atoms with Gasteiger partial charge in [0.1, 0.15) is 0 Å². The van der Waals surface area contributed by atoms with Crippen LogP contribution in [-0.2, 0) is 0 Å². The molecule has 0 amide bonds. The van der Waals surface area contributed by atoms with Crippen molar-refractivity contribution in [2.75, 3.05) is 5.32 Å². The lowest BCUT2D eigenvalue weighted by atomic mass is 10.2. The van der Waals surface area contributed by atoms with E-state index in [-0.39, 0.29) is 11.1 Å². The van der Waals surface area contributed by atoms with E-state index in [4.69, 9.17) is 16.9 Å². The molecule has 17 heavy (non-hydrogen) atoms. The van der Waals surface area contributed by atoms with Crippen LogP contribution in [0.15, 0.2) is 30.5 Å². The van der Waals surface area contributed by atoms with Crippen molar-refractivity contribution in [3.63, 3.8) is 0 Å². The second kappa shape index (κ2) is 4.76. The molecule has 0 aliphatic heterocycles. The molecule has 0 atom stereocenters. The summed E-state index contributed by atoms with van der Waals surface area (Å²) in [4.78, 5) is 7.22. The third-order valence-electron chi connectivity index (χ3n) is 1.99. The Labute approximate surface area is 102 Å². The Morgan fingerprint density at radius 2 is 2.00 bits per heavy atom. The Hall–Kier alpha value is -2.19. The summed E-state index contributed by atoms with van der Waals surface area (Å²) in [6.07, 6.45) is 0.987. The quantitative estimate of drug-likeness (QED) is 0.830. The highest BCUT2D eigenvalue weighted by Crippen LogP contribution is 2.18. The zero-order chi connectivity index (χ0) is 12.3. The van der Waals surface area contributed by atoms with Crippen molar-refractivity contribution in [3.8, 4) is 6.07 Å². The van der Waals surface area contributed by atoms with E-state index in [1.165, 1.54) is 0 Å². The Morgan fingerprint density at radius 1 is 1.29 bits per heavy atom. The number of rotatable bonds is 2. The van der Waals surface area contributed by atoms with Gasteiger partial charge in [0.15, 0.2) is 11.6 Å². The normalized spacial score (nSPS) is 9.71. The largest absolute Gasteiger partial charge is 0.338 e. The van der Waals surface area contributed by atoms with Gasteiger partial charge in [0.25, 0.3) is 0 Å². The van der Waals surface area contributed by atoms with E-state index >= 15 is 0 Å². The first kappa shape index (κ1) is 11.3. The second-order valence-corrected chi connectivity index (χ2v) is 3.49. The van der Waals surface area contributed by atoms with Gasteiger partial charge >= 0.3 is 0 Å². The fourth-order valence-corrected chi connectivity index (χ4v) is 1.33. The Bertz CT molecular complexity index is 577. The average molecular weight is 249 g/mol. The molecule has 84 valence electrons. The van der Waals surface area contributed by atoms with Gasteiger partial charge < -0.3 is 5.32 Å². The number of hydrogen-bond acceptors (Lipinski definition) is 4. The van der Waals surface area contributed by atoms with E-state index in [1.807, 2.05) is 6.07 Å². The number of benzene rings is 1. The lowest BCUT2D eigenvalue weighted by molar-refractivity contribution is 0.619. The van der Waals surface area contributed by atoms with Crippen molar-refractivity contribution in [2.45, 2.75) is 0 Å². The predicted molar refractivity (Wildman–Crippen MR) is 61.4 cm³/mol. The first-order chi connectivity index (χ1) is 8.19. The molecule has 1 aromatic heterocycles. The lowest BCUT2D eigenvalue weighted by Gasteiger charge is -2.06. The summed E-state index contributed by atoms with van der Waals surface area (Å²) in [6, 6.07) is 8.51. The van der Waals surface area contributed by atoms with Crippen LogP contribution in [0.2, 0.25) is 5.28 Å². The summed E-state index contributed by atoms with van der Waals surface area (Å²) in [5, 5.41) is 11.3. The number of nitrogens with one attached hydrogen (secondary N) is 1. The van der Waals surface area contributed by atoms with Gasteiger partial charge in [0, 0.05) is 5.69 Å². The minimum absolute atomic E-state index is 0.00490. The van der Waals surface area contributed by atoms with Crippen LogP contribution in [0.25, 0.3) is 0 Å². The average Bonchev–Trinajstić information content (AvgIpc) is 2.35. The van der Waals surface area contributed by atoms with Gasteiger partial charge in [-0.1, -0.05) is 0 Å². The van der Waals surface area contributed by atoms with E-state index in [9.17, 15) is 4.39 Å². The van der Waals surface area contributed by atoms with Crippen LogP contribution in [0.5, 0.6) is 0 Å². The smallest absolute Gasteiger partial charge is 0.224 e. The van der Waals surface area contributed by atoms with Crippen LogP contribution in [0.4, 0.5) is 15.9 Å². The van der Waals surface area contributed by atoms with Crippen LogP contribution in [0.3, 0.4) is 0 Å². The van der Waals surface area contributed by atoms with Crippen LogP contribution in [0.1, 0.15) is 5.56 Å². The first-order valence-electron chi connectivity index (χ1n) is 4.64. The van der Waals surface area contributed by atoms with Crippen molar-refractivity contribution in [3.05, 3.63) is 47.1 Å². The van der Waals surface area contributed by atoms with Crippen LogP contribution in [-0.4, -0.2) is 9.97 Å². The van der Waals surface area contributed by atoms with Crippen LogP contribution in [0, 0.1) is 17.1 Å². The van der Waals surface area contributed by atoms with Gasteiger partial charge in [-0.05, 0) is 35.9 Å². The second-order valence-electron chi connectivity index (χ2n) is 3.15. The molecule has 0 saturated heterocycles. The van der Waals surface area contributed by atoms with Crippen molar-refractivity contribution in [2.24, 2.45) is 0 Å². The fourth-order valence-electron chi connectivity index (χ4n) is 1.20. The molecular formula is C11H6ClFN4. The maximum Gasteiger partial charge on any atom is 0.224 e. The number of halogens is 2. The SMILES string of the molecule is N#Cc1ccc(Nc2nc(Cl)ncc2F)cc1. The van der Waals surface area contributed by atoms with Gasteiger partial charge in [-0.15, -0.1) is 0 Å². The topological polar surface area (TPSA) is 61.6 Å². The third-order valence-corrected chi connectivity index (χ3v) is 2.17. The van der Waals surface area contributed by atoms with E-state index in [0.29, 0.717) is 11.3 Å². The minimum atomic E-state index is -0.598. The Morgan fingerprint density at radius 3 is 2.65 bits per heavy atom. The molecule has 2 aromatic rings. The first-order valence-corrected chi connectivity index (χ1v) is 5.02. The molecule has 4 nitrogen and oxygen atoms in total. The highest BCUT2D eigenvalue weighted by atomic mass is 35.5. The van der Waals surface area contributed by atoms with Crippen molar-refractivity contribution >= 4 is 23.1 Å². The van der Waals surface area contributed by atoms with E-state index in [1.54, 1.807) is 24.3 Å². The summed E-state index contributed by atoms with van der Waals surface area (Å²) in [5.74, 6) is -0.603. The van der Waals surface area contributed by atoms with Crippen molar-refractivity contribution in [1.82, 2.24) is 9.97 Å². The van der Waals surface area contributed by atoms with Gasteiger partial charge in [0.05, 0.1) is 17.8 Å². The third kappa shape index (κ3) is 2.68. The van der Waals surface area contributed by atoms with Gasteiger partial charge in [-0.25, -0.2) is 9.37 Å². The molecule has 0 bridgehead atoms. The van der Waals surface area contributed by atoms with E-state index < -0.39 is 5.82 Å². The molecule has 0 fully saturated rings. The molecule has 0 spiro atoms. The molecule has 0 saturated carbocycles. The summed E-state index contributed by atoms with van der Waals surface area (Å²) in [5.41, 5.74) is 1.13. The van der Waals surface area contributed by atoms with E-state index in [2.05, 4.69) is 15.3 Å². The molecule has 0 radical (unpaired) electrons. The molecule has 0 aliphatic carbocycles. The van der Waals surface area contributed by atoms with Crippen molar-refractivity contribution in [1.29, 1.82) is 5.26 Å². The van der Waals surface area contributed by atoms with Crippen LogP contribution < -0.4 is 5.32 Å². The molecule has 1 heterocycles. The maximum atomic E-state index is 13.3. The molecule has 1 aromatic carbocycles. The number of anilines is 2. The predicted octanol–water partition coefficient (Wildman–Crippen LogP) is 2.88. The monoisotopic (exact) mass is 248 g/mol. The fraction of sp³-hybridized carbons (Fsp3) is 0. The van der Waals surface area contributed by atoms with E-state index in [0.717, 1.165) is 6.20 Å². The summed E-state index contributed by atoms with van der Waals surface area (Å²) >= 11 is 5.56. The highest BCUT2D eigenvalue weighted by molar-refractivity contribution is 6.28. The molecule has 2 rings (SSSR count). The summed E-state index contributed by atoms with van der Waals surface area (Å²) < 4.78 is 13.3. The number of nitrogens with zero attached hydrogens (tertiary/aromatic N) is 3. The van der Waals surface area contributed by atoms with Gasteiger partial charge in [-0.3, -0.25) is 0 Å². The molecule has 1 N–H and O–H groups in total. The Balaban J connectivity index is 2.25. The summed E-state index contributed by atoms with van der Waals surface area (Å²) in [6.45, 7) is 0. The van der Waals surface area contributed by atoms with Crippen LogP contribution >= 0.6 is 11.6 Å². The standard InChI is InChI=1S/C11H6ClFN4/c12-11-15-6-9(13)10(17-11)16-8-3-1-7(5-14)2-4-8/h1-4,6H,(H,15,16,17). The molecule has 6 heteroatoms. The van der Waals surface area contributed by atoms with Gasteiger partial charge in [0.2, 0.25) is 5.28 Å². The number of nitriles is 1. The zero-order valence-corrected chi connectivity index (χ0v) is 9.24. The molecular weight excluding hydrogens is 243 g/mol. The number of aromatic nitrogens is 2. The highest BCUT2D eigenvalue weighted by Gasteiger charge is 2.05. The minimum Gasteiger partial charge on any atom is -0.338 e. The zero-order valence-electron chi connectivity index (χ0n) is 8.48. The molecule has 0 unspecified atom stereocenters. The molecule has 0 aliphatic rings. The van der Waals surface area contributed by atoms with Gasteiger partial charge in [-0.2, -0.15) is 10.2 Å². The summed E-state index contributed by atoms with van der Waals surface area (Å²) in [7, 11) is 0. The Kier molecular flexibility index (Phi) is 3.17. The maximum absolute atomic E-state index is 13.3.